The highest BCUT2D eigenvalue weighted by Gasteiger charge is 2.15. The number of esters is 1. The Bertz CT molecular complexity index is 813. The summed E-state index contributed by atoms with van der Waals surface area (Å²) < 4.78 is 12.3. The molecular weight excluding hydrogens is 282 g/mol. The van der Waals surface area contributed by atoms with E-state index in [9.17, 15) is 4.79 Å². The van der Waals surface area contributed by atoms with Crippen molar-refractivity contribution in [3.63, 3.8) is 0 Å². The molecule has 3 aromatic rings. The van der Waals surface area contributed by atoms with Gasteiger partial charge in [-0.1, -0.05) is 12.1 Å². The second-order valence-electron chi connectivity index (χ2n) is 4.84. The average Bonchev–Trinajstić information content (AvgIpc) is 3.02. The lowest BCUT2D eigenvalue weighted by Crippen LogP contribution is -2.10. The third-order valence-corrected chi connectivity index (χ3v) is 3.37. The summed E-state index contributed by atoms with van der Waals surface area (Å²) in [6.07, 6.45) is 2.81. The van der Waals surface area contributed by atoms with Gasteiger partial charge in [-0.15, -0.1) is 10.2 Å². The van der Waals surface area contributed by atoms with Gasteiger partial charge in [0.15, 0.2) is 5.65 Å². The quantitative estimate of drug-likeness (QED) is 0.693. The van der Waals surface area contributed by atoms with Crippen molar-refractivity contribution >= 4 is 11.6 Å². The molecule has 0 saturated carbocycles. The number of rotatable bonds is 4. The van der Waals surface area contributed by atoms with E-state index >= 15 is 0 Å². The summed E-state index contributed by atoms with van der Waals surface area (Å²) in [5.41, 5.74) is 2.00. The Morgan fingerprint density at radius 3 is 2.95 bits per heavy atom. The van der Waals surface area contributed by atoms with Crippen molar-refractivity contribution in [1.29, 1.82) is 0 Å². The molecule has 0 spiro atoms. The number of fused-ring (bicyclic) bond motifs is 1. The number of benzene rings is 1. The van der Waals surface area contributed by atoms with Crippen LogP contribution in [0.25, 0.3) is 5.65 Å². The topological polar surface area (TPSA) is 65.7 Å². The van der Waals surface area contributed by atoms with E-state index < -0.39 is 5.97 Å². The van der Waals surface area contributed by atoms with E-state index in [1.807, 2.05) is 31.2 Å². The highest BCUT2D eigenvalue weighted by molar-refractivity contribution is 5.89. The van der Waals surface area contributed by atoms with Crippen LogP contribution in [-0.4, -0.2) is 27.7 Å². The van der Waals surface area contributed by atoms with Gasteiger partial charge in [0.2, 0.25) is 0 Å². The zero-order chi connectivity index (χ0) is 15.5. The number of ether oxygens (including phenoxy) is 2. The molecule has 3 rings (SSSR count). The predicted octanol–water partition coefficient (Wildman–Crippen LogP) is 2.66. The second kappa shape index (κ2) is 5.85. The zero-order valence-corrected chi connectivity index (χ0v) is 12.3. The van der Waals surface area contributed by atoms with Crippen molar-refractivity contribution in [3.05, 3.63) is 60.0 Å². The fourth-order valence-electron chi connectivity index (χ4n) is 2.14. The molecule has 2 heterocycles. The van der Waals surface area contributed by atoms with Crippen LogP contribution in [0.4, 0.5) is 0 Å². The lowest BCUT2D eigenvalue weighted by molar-refractivity contribution is 0.0337. The van der Waals surface area contributed by atoms with Crippen molar-refractivity contribution in [1.82, 2.24) is 14.6 Å². The molecular formula is C16H15N3O3. The molecule has 112 valence electrons. The number of nitrogens with zero attached hydrogens (tertiary/aromatic N) is 3. The summed E-state index contributed by atoms with van der Waals surface area (Å²) in [4.78, 5) is 12.2. The Morgan fingerprint density at radius 2 is 2.14 bits per heavy atom. The van der Waals surface area contributed by atoms with E-state index in [0.717, 1.165) is 11.3 Å². The molecule has 1 aromatic carbocycles. The van der Waals surface area contributed by atoms with Crippen LogP contribution in [-0.2, 0) is 4.74 Å². The van der Waals surface area contributed by atoms with Gasteiger partial charge in [0.25, 0.3) is 0 Å². The fraction of sp³-hybridized carbons (Fsp3) is 0.188. The maximum atomic E-state index is 12.2. The van der Waals surface area contributed by atoms with Crippen LogP contribution in [0.2, 0.25) is 0 Å². The Kier molecular flexibility index (Phi) is 3.74. The minimum atomic E-state index is -0.397. The van der Waals surface area contributed by atoms with Gasteiger partial charge >= 0.3 is 5.97 Å². The zero-order valence-electron chi connectivity index (χ0n) is 12.3. The second-order valence-corrected chi connectivity index (χ2v) is 4.84. The Labute approximate surface area is 127 Å². The van der Waals surface area contributed by atoms with Crippen LogP contribution in [0.1, 0.15) is 28.9 Å². The first-order valence-corrected chi connectivity index (χ1v) is 6.81. The van der Waals surface area contributed by atoms with Crippen LogP contribution in [0.3, 0.4) is 0 Å². The Morgan fingerprint density at radius 1 is 1.27 bits per heavy atom. The lowest BCUT2D eigenvalue weighted by Gasteiger charge is -2.14. The number of hydrogen-bond donors (Lipinski definition) is 0. The first-order valence-electron chi connectivity index (χ1n) is 6.81. The molecule has 0 aliphatic heterocycles. The maximum Gasteiger partial charge on any atom is 0.340 e. The summed E-state index contributed by atoms with van der Waals surface area (Å²) in [5.74, 6) is 0.331. The van der Waals surface area contributed by atoms with Crippen LogP contribution in [0.5, 0.6) is 5.75 Å². The van der Waals surface area contributed by atoms with Crippen LogP contribution in [0, 0.1) is 0 Å². The van der Waals surface area contributed by atoms with Gasteiger partial charge in [-0.3, -0.25) is 4.40 Å². The average molecular weight is 297 g/mol. The molecule has 0 bridgehead atoms. The number of carbonyl (C=O) groups is 1. The van der Waals surface area contributed by atoms with Gasteiger partial charge in [0.05, 0.1) is 12.7 Å². The molecule has 0 unspecified atom stereocenters. The normalized spacial score (nSPS) is 12.1. The molecule has 22 heavy (non-hydrogen) atoms. The summed E-state index contributed by atoms with van der Waals surface area (Å²) >= 11 is 0. The van der Waals surface area contributed by atoms with E-state index in [1.165, 1.54) is 6.33 Å². The Balaban J connectivity index is 1.77. The van der Waals surface area contributed by atoms with Crippen LogP contribution < -0.4 is 4.74 Å². The molecule has 0 amide bonds. The molecule has 1 atom stereocenters. The van der Waals surface area contributed by atoms with E-state index in [1.54, 1.807) is 29.8 Å². The summed E-state index contributed by atoms with van der Waals surface area (Å²) in [6, 6.07) is 10.8. The summed E-state index contributed by atoms with van der Waals surface area (Å²) in [7, 11) is 1.60. The van der Waals surface area contributed by atoms with E-state index in [-0.39, 0.29) is 6.10 Å². The van der Waals surface area contributed by atoms with Gasteiger partial charge < -0.3 is 9.47 Å². The third kappa shape index (κ3) is 2.76. The van der Waals surface area contributed by atoms with Gasteiger partial charge in [0, 0.05) is 6.20 Å². The van der Waals surface area contributed by atoms with E-state index in [4.69, 9.17) is 9.47 Å². The van der Waals surface area contributed by atoms with Gasteiger partial charge in [-0.25, -0.2) is 4.79 Å². The highest BCUT2D eigenvalue weighted by Crippen LogP contribution is 2.22. The molecule has 6 nitrogen and oxygen atoms in total. The minimum Gasteiger partial charge on any atom is -0.497 e. The van der Waals surface area contributed by atoms with Gasteiger partial charge in [-0.05, 0) is 36.8 Å². The smallest absolute Gasteiger partial charge is 0.340 e. The number of hydrogen-bond acceptors (Lipinski definition) is 5. The van der Waals surface area contributed by atoms with E-state index in [2.05, 4.69) is 10.2 Å². The number of methoxy groups -OCH3 is 1. The summed E-state index contributed by atoms with van der Waals surface area (Å²) in [6.45, 7) is 1.82. The minimum absolute atomic E-state index is 0.376. The molecule has 0 radical (unpaired) electrons. The number of aromatic nitrogens is 3. The highest BCUT2D eigenvalue weighted by atomic mass is 16.5. The molecule has 0 aliphatic carbocycles. The van der Waals surface area contributed by atoms with Gasteiger partial charge in [-0.2, -0.15) is 0 Å². The third-order valence-electron chi connectivity index (χ3n) is 3.37. The fourth-order valence-corrected chi connectivity index (χ4v) is 2.14. The first kappa shape index (κ1) is 14.1. The monoisotopic (exact) mass is 297 g/mol. The maximum absolute atomic E-state index is 12.2. The van der Waals surface area contributed by atoms with Crippen molar-refractivity contribution in [2.24, 2.45) is 0 Å². The first-order chi connectivity index (χ1) is 10.7. The van der Waals surface area contributed by atoms with E-state index in [0.29, 0.717) is 11.2 Å². The standard InChI is InChI=1S/C16H15N3O3/c1-11(12-4-3-5-14(8-12)21-2)22-16(20)13-6-7-15-18-17-10-19(15)9-13/h3-11H,1-2H3/t11-/m1/s1. The number of carbonyl (C=O) groups excluding carboxylic acids is 1. The Hall–Kier alpha value is -2.89. The van der Waals surface area contributed by atoms with Crippen molar-refractivity contribution in [3.8, 4) is 5.75 Å². The molecule has 0 saturated heterocycles. The van der Waals surface area contributed by atoms with Crippen LogP contribution >= 0.6 is 0 Å². The predicted molar refractivity (Wildman–Crippen MR) is 79.8 cm³/mol. The van der Waals surface area contributed by atoms with Crippen molar-refractivity contribution in [2.45, 2.75) is 13.0 Å². The van der Waals surface area contributed by atoms with Crippen molar-refractivity contribution < 1.29 is 14.3 Å². The molecule has 0 aliphatic rings. The lowest BCUT2D eigenvalue weighted by atomic mass is 10.1. The van der Waals surface area contributed by atoms with Crippen molar-refractivity contribution in [2.75, 3.05) is 7.11 Å². The molecule has 0 fully saturated rings. The molecule has 6 heteroatoms. The molecule has 2 aromatic heterocycles. The number of pyridine rings is 1. The van der Waals surface area contributed by atoms with Gasteiger partial charge in [0.1, 0.15) is 18.2 Å². The summed E-state index contributed by atoms with van der Waals surface area (Å²) in [5, 5.41) is 7.67. The SMILES string of the molecule is COc1cccc([C@@H](C)OC(=O)c2ccc3nncn3c2)c1. The molecule has 0 N–H and O–H groups in total. The van der Waals surface area contributed by atoms with Crippen LogP contribution in [0.15, 0.2) is 48.9 Å². The largest absolute Gasteiger partial charge is 0.497 e.